The van der Waals surface area contributed by atoms with Gasteiger partial charge < -0.3 is 4.90 Å². The van der Waals surface area contributed by atoms with E-state index in [9.17, 15) is 0 Å². The van der Waals surface area contributed by atoms with Gasteiger partial charge in [0.25, 0.3) is 5.78 Å². The SMILES string of the molecule is Cc1cc(N2CCC3(CCCCC3)C2)n2ncnc2n1. The topological polar surface area (TPSA) is 46.3 Å². The molecule has 0 aromatic carbocycles. The highest BCUT2D eigenvalue weighted by molar-refractivity contribution is 5.48. The Bertz CT molecular complexity index is 626. The lowest BCUT2D eigenvalue weighted by Gasteiger charge is -2.33. The number of hydrogen-bond acceptors (Lipinski definition) is 4. The fourth-order valence-electron chi connectivity index (χ4n) is 3.98. The van der Waals surface area contributed by atoms with Crippen molar-refractivity contribution in [1.82, 2.24) is 19.6 Å². The van der Waals surface area contributed by atoms with Crippen LogP contribution in [0, 0.1) is 12.3 Å². The molecule has 1 saturated carbocycles. The number of hydrogen-bond donors (Lipinski definition) is 0. The van der Waals surface area contributed by atoms with Gasteiger partial charge in [-0.05, 0) is 31.6 Å². The Balaban J connectivity index is 1.68. The molecule has 2 aliphatic rings. The molecule has 3 heterocycles. The zero-order valence-corrected chi connectivity index (χ0v) is 12.0. The van der Waals surface area contributed by atoms with Gasteiger partial charge in [-0.2, -0.15) is 14.6 Å². The summed E-state index contributed by atoms with van der Waals surface area (Å²) in [6.45, 7) is 4.34. The molecule has 5 nitrogen and oxygen atoms in total. The molecule has 106 valence electrons. The molecule has 0 N–H and O–H groups in total. The van der Waals surface area contributed by atoms with E-state index in [0.717, 1.165) is 18.1 Å². The van der Waals surface area contributed by atoms with E-state index < -0.39 is 0 Å². The summed E-state index contributed by atoms with van der Waals surface area (Å²) in [6.07, 6.45) is 9.94. The molecule has 1 saturated heterocycles. The highest BCUT2D eigenvalue weighted by Gasteiger charge is 2.39. The average molecular weight is 271 g/mol. The van der Waals surface area contributed by atoms with Gasteiger partial charge in [-0.3, -0.25) is 0 Å². The number of aromatic nitrogens is 4. The van der Waals surface area contributed by atoms with Crippen molar-refractivity contribution in [3.05, 3.63) is 18.1 Å². The molecule has 0 radical (unpaired) electrons. The van der Waals surface area contributed by atoms with Crippen LogP contribution in [0.4, 0.5) is 5.82 Å². The second-order valence-electron chi connectivity index (χ2n) is 6.46. The van der Waals surface area contributed by atoms with Crippen molar-refractivity contribution in [1.29, 1.82) is 0 Å². The van der Waals surface area contributed by atoms with Gasteiger partial charge in [0.15, 0.2) is 0 Å². The first-order valence-electron chi connectivity index (χ1n) is 7.68. The number of fused-ring (bicyclic) bond motifs is 1. The van der Waals surface area contributed by atoms with E-state index in [4.69, 9.17) is 0 Å². The average Bonchev–Trinajstić information content (AvgIpc) is 3.06. The van der Waals surface area contributed by atoms with Crippen LogP contribution in [-0.4, -0.2) is 32.7 Å². The molecule has 4 rings (SSSR count). The van der Waals surface area contributed by atoms with E-state index in [-0.39, 0.29) is 0 Å². The van der Waals surface area contributed by atoms with Gasteiger partial charge in [0, 0.05) is 24.8 Å². The van der Waals surface area contributed by atoms with E-state index >= 15 is 0 Å². The Morgan fingerprint density at radius 3 is 2.85 bits per heavy atom. The molecule has 5 heteroatoms. The predicted molar refractivity (Wildman–Crippen MR) is 77.9 cm³/mol. The van der Waals surface area contributed by atoms with Crippen LogP contribution < -0.4 is 4.90 Å². The van der Waals surface area contributed by atoms with Crippen LogP contribution in [0.2, 0.25) is 0 Å². The van der Waals surface area contributed by atoms with Gasteiger partial charge in [-0.1, -0.05) is 19.3 Å². The van der Waals surface area contributed by atoms with Crippen LogP contribution in [0.15, 0.2) is 12.4 Å². The van der Waals surface area contributed by atoms with Crippen molar-refractivity contribution in [2.45, 2.75) is 45.4 Å². The minimum absolute atomic E-state index is 0.558. The minimum Gasteiger partial charge on any atom is -0.356 e. The Morgan fingerprint density at radius 1 is 1.15 bits per heavy atom. The largest absolute Gasteiger partial charge is 0.356 e. The molecule has 2 aromatic rings. The third-order valence-electron chi connectivity index (χ3n) is 5.04. The molecule has 0 amide bonds. The normalized spacial score (nSPS) is 21.9. The van der Waals surface area contributed by atoms with E-state index in [1.807, 2.05) is 11.4 Å². The van der Waals surface area contributed by atoms with Gasteiger partial charge in [0.05, 0.1) is 0 Å². The molecule has 0 atom stereocenters. The smallest absolute Gasteiger partial charge is 0.254 e. The molecule has 1 aliphatic carbocycles. The molecular formula is C15H21N5. The van der Waals surface area contributed by atoms with Crippen molar-refractivity contribution in [3.63, 3.8) is 0 Å². The highest BCUT2D eigenvalue weighted by Crippen LogP contribution is 2.44. The van der Waals surface area contributed by atoms with Crippen LogP contribution in [0.25, 0.3) is 5.78 Å². The van der Waals surface area contributed by atoms with Crippen molar-refractivity contribution in [2.75, 3.05) is 18.0 Å². The van der Waals surface area contributed by atoms with Crippen molar-refractivity contribution >= 4 is 11.6 Å². The van der Waals surface area contributed by atoms with Crippen molar-refractivity contribution in [2.24, 2.45) is 5.41 Å². The third-order valence-corrected chi connectivity index (χ3v) is 5.04. The zero-order chi connectivity index (χ0) is 13.6. The molecule has 2 aromatic heterocycles. The number of anilines is 1. The number of nitrogens with zero attached hydrogens (tertiary/aromatic N) is 5. The van der Waals surface area contributed by atoms with Crippen LogP contribution in [0.5, 0.6) is 0 Å². The summed E-state index contributed by atoms with van der Waals surface area (Å²) in [5, 5.41) is 4.34. The lowest BCUT2D eigenvalue weighted by Crippen LogP contribution is -2.30. The quantitative estimate of drug-likeness (QED) is 0.800. The van der Waals surface area contributed by atoms with Crippen LogP contribution in [0.3, 0.4) is 0 Å². The number of aryl methyl sites for hydroxylation is 1. The lowest BCUT2D eigenvalue weighted by atomic mass is 9.73. The Labute approximate surface area is 119 Å². The van der Waals surface area contributed by atoms with Crippen LogP contribution in [-0.2, 0) is 0 Å². The van der Waals surface area contributed by atoms with Crippen molar-refractivity contribution in [3.8, 4) is 0 Å². The lowest BCUT2D eigenvalue weighted by molar-refractivity contribution is 0.219. The number of rotatable bonds is 1. The summed E-state index contributed by atoms with van der Waals surface area (Å²) in [7, 11) is 0. The van der Waals surface area contributed by atoms with E-state index in [1.165, 1.54) is 45.1 Å². The summed E-state index contributed by atoms with van der Waals surface area (Å²) in [5.74, 6) is 1.87. The van der Waals surface area contributed by atoms with Crippen LogP contribution in [0.1, 0.15) is 44.2 Å². The summed E-state index contributed by atoms with van der Waals surface area (Å²) in [5.41, 5.74) is 1.58. The summed E-state index contributed by atoms with van der Waals surface area (Å²) >= 11 is 0. The Morgan fingerprint density at radius 2 is 2.00 bits per heavy atom. The Kier molecular flexibility index (Phi) is 2.69. The van der Waals surface area contributed by atoms with Gasteiger partial charge >= 0.3 is 0 Å². The first-order chi connectivity index (χ1) is 9.76. The summed E-state index contributed by atoms with van der Waals surface area (Å²) in [6, 6.07) is 2.14. The van der Waals surface area contributed by atoms with Crippen molar-refractivity contribution < 1.29 is 0 Å². The van der Waals surface area contributed by atoms with E-state index in [0.29, 0.717) is 11.2 Å². The van der Waals surface area contributed by atoms with Gasteiger partial charge in [-0.15, -0.1) is 0 Å². The summed E-state index contributed by atoms with van der Waals surface area (Å²) in [4.78, 5) is 11.2. The van der Waals surface area contributed by atoms with Gasteiger partial charge in [-0.25, -0.2) is 4.98 Å². The van der Waals surface area contributed by atoms with E-state index in [2.05, 4.69) is 26.0 Å². The predicted octanol–water partition coefficient (Wildman–Crippen LogP) is 2.59. The maximum Gasteiger partial charge on any atom is 0.254 e. The molecule has 0 unspecified atom stereocenters. The molecule has 20 heavy (non-hydrogen) atoms. The third kappa shape index (κ3) is 1.87. The maximum atomic E-state index is 4.43. The molecule has 1 aliphatic heterocycles. The first kappa shape index (κ1) is 12.1. The second-order valence-corrected chi connectivity index (χ2v) is 6.46. The van der Waals surface area contributed by atoms with Crippen LogP contribution >= 0.6 is 0 Å². The minimum atomic E-state index is 0.558. The fraction of sp³-hybridized carbons (Fsp3) is 0.667. The maximum absolute atomic E-state index is 4.43. The summed E-state index contributed by atoms with van der Waals surface area (Å²) < 4.78 is 1.88. The second kappa shape index (κ2) is 4.43. The fourth-order valence-corrected chi connectivity index (χ4v) is 3.98. The van der Waals surface area contributed by atoms with Gasteiger partial charge in [0.1, 0.15) is 12.1 Å². The molecular weight excluding hydrogens is 250 g/mol. The molecule has 0 bridgehead atoms. The molecule has 1 spiro atoms. The Hall–Kier alpha value is -1.65. The zero-order valence-electron chi connectivity index (χ0n) is 12.0. The van der Waals surface area contributed by atoms with E-state index in [1.54, 1.807) is 6.33 Å². The molecule has 2 fully saturated rings. The standard InChI is InChI=1S/C15H21N5/c1-12-9-13(20-14(18-12)16-11-17-20)19-8-7-15(10-19)5-3-2-4-6-15/h9,11H,2-8,10H2,1H3. The monoisotopic (exact) mass is 271 g/mol. The van der Waals surface area contributed by atoms with Gasteiger partial charge in [0.2, 0.25) is 0 Å². The highest BCUT2D eigenvalue weighted by atomic mass is 15.4. The first-order valence-corrected chi connectivity index (χ1v) is 7.68.